The average molecular weight is 270 g/mol. The molecular formula is C13H26N4S. The number of hydrogen-bond donors (Lipinski definition) is 1. The highest BCUT2D eigenvalue weighted by atomic mass is 32.1. The summed E-state index contributed by atoms with van der Waals surface area (Å²) in [4.78, 5) is 10.2. The predicted molar refractivity (Wildman–Crippen MR) is 80.5 cm³/mol. The van der Waals surface area contributed by atoms with Crippen LogP contribution in [0.1, 0.15) is 25.6 Å². The highest BCUT2D eigenvalue weighted by Crippen LogP contribution is 2.21. The van der Waals surface area contributed by atoms with E-state index in [1.54, 1.807) is 11.3 Å². The smallest absolute Gasteiger partial charge is 0.185 e. The zero-order valence-electron chi connectivity index (χ0n) is 12.4. The Morgan fingerprint density at radius 3 is 2.44 bits per heavy atom. The Hall–Kier alpha value is -0.650. The fraction of sp³-hybridized carbons (Fsp3) is 0.769. The molecule has 1 heterocycles. The van der Waals surface area contributed by atoms with Crippen molar-refractivity contribution in [1.82, 2.24) is 15.2 Å². The molecule has 1 rings (SSSR count). The molecule has 0 atom stereocenters. The third-order valence-electron chi connectivity index (χ3n) is 2.54. The van der Waals surface area contributed by atoms with Crippen LogP contribution < -0.4 is 10.2 Å². The van der Waals surface area contributed by atoms with E-state index < -0.39 is 0 Å². The molecule has 1 aromatic rings. The molecule has 0 fully saturated rings. The van der Waals surface area contributed by atoms with Gasteiger partial charge in [0.1, 0.15) is 0 Å². The summed E-state index contributed by atoms with van der Waals surface area (Å²) < 4.78 is 0. The molecule has 5 heteroatoms. The first-order valence-corrected chi connectivity index (χ1v) is 7.15. The van der Waals surface area contributed by atoms with Gasteiger partial charge < -0.3 is 15.1 Å². The van der Waals surface area contributed by atoms with Crippen LogP contribution in [0.3, 0.4) is 0 Å². The summed E-state index contributed by atoms with van der Waals surface area (Å²) in [6.07, 6.45) is 1.98. The van der Waals surface area contributed by atoms with Gasteiger partial charge in [-0.1, -0.05) is 0 Å². The Morgan fingerprint density at radius 1 is 1.22 bits per heavy atom. The minimum Gasteiger partial charge on any atom is -0.350 e. The first-order valence-electron chi connectivity index (χ1n) is 6.33. The molecule has 1 aromatic heterocycles. The molecule has 0 saturated heterocycles. The van der Waals surface area contributed by atoms with E-state index in [0.29, 0.717) is 0 Å². The van der Waals surface area contributed by atoms with Crippen molar-refractivity contribution in [3.63, 3.8) is 0 Å². The molecule has 0 aliphatic heterocycles. The van der Waals surface area contributed by atoms with Gasteiger partial charge >= 0.3 is 0 Å². The molecule has 0 aromatic carbocycles. The number of anilines is 1. The third kappa shape index (κ3) is 5.80. The van der Waals surface area contributed by atoms with E-state index in [9.17, 15) is 0 Å². The molecule has 0 spiro atoms. The summed E-state index contributed by atoms with van der Waals surface area (Å²) >= 11 is 1.77. The maximum atomic E-state index is 4.48. The summed E-state index contributed by atoms with van der Waals surface area (Å²) in [5.41, 5.74) is 0.154. The van der Waals surface area contributed by atoms with Gasteiger partial charge in [-0.25, -0.2) is 4.98 Å². The van der Waals surface area contributed by atoms with Crippen molar-refractivity contribution in [1.29, 1.82) is 0 Å². The van der Waals surface area contributed by atoms with Crippen LogP contribution in [0.4, 0.5) is 5.13 Å². The lowest BCUT2D eigenvalue weighted by molar-refractivity contribution is 0.416. The van der Waals surface area contributed by atoms with E-state index in [-0.39, 0.29) is 5.54 Å². The Bertz CT molecular complexity index is 354. The normalized spacial score (nSPS) is 12.2. The van der Waals surface area contributed by atoms with Crippen molar-refractivity contribution >= 4 is 16.5 Å². The van der Waals surface area contributed by atoms with Crippen molar-refractivity contribution < 1.29 is 0 Å². The number of hydrogen-bond acceptors (Lipinski definition) is 5. The second kappa shape index (κ2) is 6.50. The summed E-state index contributed by atoms with van der Waals surface area (Å²) in [5, 5.41) is 4.58. The highest BCUT2D eigenvalue weighted by Gasteiger charge is 2.11. The summed E-state index contributed by atoms with van der Waals surface area (Å²) in [6, 6.07) is 0. The van der Waals surface area contributed by atoms with Gasteiger partial charge in [0.2, 0.25) is 0 Å². The fourth-order valence-electron chi connectivity index (χ4n) is 1.35. The van der Waals surface area contributed by atoms with E-state index in [1.165, 1.54) is 4.88 Å². The Kier molecular flexibility index (Phi) is 5.56. The van der Waals surface area contributed by atoms with Crippen LogP contribution in [-0.4, -0.2) is 49.7 Å². The Labute approximate surface area is 115 Å². The molecule has 18 heavy (non-hydrogen) atoms. The number of aromatic nitrogens is 1. The average Bonchev–Trinajstić information content (AvgIpc) is 2.70. The molecular weight excluding hydrogens is 244 g/mol. The van der Waals surface area contributed by atoms with Gasteiger partial charge in [0.05, 0.1) is 0 Å². The van der Waals surface area contributed by atoms with Crippen LogP contribution in [-0.2, 0) is 6.54 Å². The van der Waals surface area contributed by atoms with Gasteiger partial charge in [-0.05, 0) is 34.9 Å². The van der Waals surface area contributed by atoms with Crippen molar-refractivity contribution in [3.8, 4) is 0 Å². The molecule has 104 valence electrons. The predicted octanol–water partition coefficient (Wildman–Crippen LogP) is 2.03. The summed E-state index contributed by atoms with van der Waals surface area (Å²) in [6.45, 7) is 9.48. The molecule has 0 saturated carbocycles. The molecule has 0 aliphatic carbocycles. The SMILES string of the molecule is CN(C)CCN(C)c1ncc(CNC(C)(C)C)s1. The molecule has 0 radical (unpaired) electrons. The van der Waals surface area contributed by atoms with Crippen LogP contribution in [0.5, 0.6) is 0 Å². The standard InChI is InChI=1S/C13H26N4S/c1-13(2,3)15-10-11-9-14-12(18-11)17(6)8-7-16(4)5/h9,15H,7-8,10H2,1-6H3. The molecule has 0 unspecified atom stereocenters. The minimum absolute atomic E-state index is 0.154. The lowest BCUT2D eigenvalue weighted by Crippen LogP contribution is -2.34. The largest absolute Gasteiger partial charge is 0.350 e. The summed E-state index contributed by atoms with van der Waals surface area (Å²) in [7, 11) is 6.28. The van der Waals surface area contributed by atoms with Gasteiger partial charge in [0.25, 0.3) is 0 Å². The lowest BCUT2D eigenvalue weighted by atomic mass is 10.1. The van der Waals surface area contributed by atoms with E-state index in [1.807, 2.05) is 6.20 Å². The maximum absolute atomic E-state index is 4.48. The monoisotopic (exact) mass is 270 g/mol. The lowest BCUT2D eigenvalue weighted by Gasteiger charge is -2.20. The van der Waals surface area contributed by atoms with E-state index >= 15 is 0 Å². The van der Waals surface area contributed by atoms with Crippen LogP contribution in [0.25, 0.3) is 0 Å². The number of likely N-dealkylation sites (N-methyl/N-ethyl adjacent to an activating group) is 2. The zero-order chi connectivity index (χ0) is 13.8. The van der Waals surface area contributed by atoms with Crippen LogP contribution in [0, 0.1) is 0 Å². The van der Waals surface area contributed by atoms with Crippen LogP contribution in [0.15, 0.2) is 6.20 Å². The van der Waals surface area contributed by atoms with Crippen molar-refractivity contribution in [2.75, 3.05) is 39.1 Å². The molecule has 0 bridgehead atoms. The summed E-state index contributed by atoms with van der Waals surface area (Å²) in [5.74, 6) is 0. The van der Waals surface area contributed by atoms with Gasteiger partial charge in [0, 0.05) is 43.3 Å². The maximum Gasteiger partial charge on any atom is 0.185 e. The van der Waals surface area contributed by atoms with E-state index in [4.69, 9.17) is 0 Å². The first kappa shape index (κ1) is 15.4. The number of nitrogens with one attached hydrogen (secondary N) is 1. The van der Waals surface area contributed by atoms with Gasteiger partial charge in [0.15, 0.2) is 5.13 Å². The zero-order valence-corrected chi connectivity index (χ0v) is 13.3. The van der Waals surface area contributed by atoms with Crippen LogP contribution >= 0.6 is 11.3 Å². The Balaban J connectivity index is 2.47. The highest BCUT2D eigenvalue weighted by molar-refractivity contribution is 7.15. The van der Waals surface area contributed by atoms with Crippen molar-refractivity contribution in [3.05, 3.63) is 11.1 Å². The molecule has 0 amide bonds. The number of nitrogens with zero attached hydrogens (tertiary/aromatic N) is 3. The van der Waals surface area contributed by atoms with Crippen molar-refractivity contribution in [2.24, 2.45) is 0 Å². The van der Waals surface area contributed by atoms with E-state index in [2.05, 4.69) is 62.0 Å². The topological polar surface area (TPSA) is 31.4 Å². The fourth-order valence-corrected chi connectivity index (χ4v) is 2.19. The number of rotatable bonds is 6. The van der Waals surface area contributed by atoms with Crippen LogP contribution in [0.2, 0.25) is 0 Å². The van der Waals surface area contributed by atoms with Gasteiger partial charge in [-0.2, -0.15) is 0 Å². The van der Waals surface area contributed by atoms with Gasteiger partial charge in [-0.15, -0.1) is 11.3 Å². The minimum atomic E-state index is 0.154. The molecule has 1 N–H and O–H groups in total. The second-order valence-electron chi connectivity index (χ2n) is 5.94. The quantitative estimate of drug-likeness (QED) is 0.857. The second-order valence-corrected chi connectivity index (χ2v) is 7.03. The molecule has 4 nitrogen and oxygen atoms in total. The van der Waals surface area contributed by atoms with Gasteiger partial charge in [-0.3, -0.25) is 0 Å². The van der Waals surface area contributed by atoms with Crippen molar-refractivity contribution in [2.45, 2.75) is 32.9 Å². The third-order valence-corrected chi connectivity index (χ3v) is 3.66. The number of thiazole rings is 1. The Morgan fingerprint density at radius 2 is 1.89 bits per heavy atom. The van der Waals surface area contributed by atoms with E-state index in [0.717, 1.165) is 24.8 Å². The first-order chi connectivity index (χ1) is 8.28. The molecule has 0 aliphatic rings.